The molecule has 6 heteroatoms. The molecule has 1 N–H and O–H groups in total. The van der Waals surface area contributed by atoms with Crippen molar-refractivity contribution in [3.63, 3.8) is 0 Å². The van der Waals surface area contributed by atoms with Crippen molar-refractivity contribution in [1.82, 2.24) is 9.97 Å². The standard InChI is InChI=1S/C20H22N4O2/c1-2-26-19(25)15-7-9-16(10-8-15)23-11-13-24(14-12-23)20-21-17-5-3-4-6-18(17)22-20/h3-10H,2,11-14H2,1H3,(H,21,22). The number of nitrogens with one attached hydrogen (secondary N) is 1. The largest absolute Gasteiger partial charge is 0.462 e. The Morgan fingerprint density at radius 3 is 2.42 bits per heavy atom. The number of rotatable bonds is 4. The van der Waals surface area contributed by atoms with E-state index < -0.39 is 0 Å². The minimum absolute atomic E-state index is 0.270. The monoisotopic (exact) mass is 350 g/mol. The number of imidazole rings is 1. The first-order valence-corrected chi connectivity index (χ1v) is 8.96. The Bertz CT molecular complexity index is 863. The van der Waals surface area contributed by atoms with Crippen LogP contribution >= 0.6 is 0 Å². The Morgan fingerprint density at radius 2 is 1.73 bits per heavy atom. The van der Waals surface area contributed by atoms with E-state index in [1.54, 1.807) is 0 Å². The Labute approximate surface area is 152 Å². The van der Waals surface area contributed by atoms with Crippen molar-refractivity contribution in [3.8, 4) is 0 Å². The summed E-state index contributed by atoms with van der Waals surface area (Å²) in [6.45, 7) is 5.84. The van der Waals surface area contributed by atoms with Gasteiger partial charge in [-0.25, -0.2) is 9.78 Å². The predicted molar refractivity (Wildman–Crippen MR) is 103 cm³/mol. The highest BCUT2D eigenvalue weighted by atomic mass is 16.5. The van der Waals surface area contributed by atoms with Crippen molar-refractivity contribution in [2.24, 2.45) is 0 Å². The van der Waals surface area contributed by atoms with Gasteiger partial charge in [-0.1, -0.05) is 12.1 Å². The van der Waals surface area contributed by atoms with Crippen LogP contribution in [0.3, 0.4) is 0 Å². The summed E-state index contributed by atoms with van der Waals surface area (Å²) in [5.74, 6) is 0.664. The van der Waals surface area contributed by atoms with E-state index >= 15 is 0 Å². The summed E-state index contributed by atoms with van der Waals surface area (Å²) in [5, 5.41) is 0. The lowest BCUT2D eigenvalue weighted by Crippen LogP contribution is -2.47. The van der Waals surface area contributed by atoms with Crippen LogP contribution < -0.4 is 9.80 Å². The van der Waals surface area contributed by atoms with Crippen LogP contribution in [-0.4, -0.2) is 48.7 Å². The van der Waals surface area contributed by atoms with Gasteiger partial charge >= 0.3 is 5.97 Å². The first-order chi connectivity index (χ1) is 12.7. The van der Waals surface area contributed by atoms with Crippen LogP contribution in [0.5, 0.6) is 0 Å². The maximum atomic E-state index is 11.8. The molecule has 0 unspecified atom stereocenters. The van der Waals surface area contributed by atoms with E-state index in [1.807, 2.05) is 55.5 Å². The molecule has 0 amide bonds. The average molecular weight is 350 g/mol. The molecule has 2 aromatic carbocycles. The molecule has 0 atom stereocenters. The van der Waals surface area contributed by atoms with Crippen molar-refractivity contribution < 1.29 is 9.53 Å². The SMILES string of the molecule is CCOC(=O)c1ccc(N2CCN(c3nc4ccccc4[nH]3)CC2)cc1. The zero-order chi connectivity index (χ0) is 17.9. The number of aromatic amines is 1. The van der Waals surface area contributed by atoms with Gasteiger partial charge in [-0.05, 0) is 43.3 Å². The van der Waals surface area contributed by atoms with Gasteiger partial charge in [0.2, 0.25) is 5.95 Å². The predicted octanol–water partition coefficient (Wildman–Crippen LogP) is 3.07. The summed E-state index contributed by atoms with van der Waals surface area (Å²) in [7, 11) is 0. The number of aromatic nitrogens is 2. The van der Waals surface area contributed by atoms with Crippen LogP contribution in [0.15, 0.2) is 48.5 Å². The van der Waals surface area contributed by atoms with E-state index in [-0.39, 0.29) is 5.97 Å². The number of benzene rings is 2. The quantitative estimate of drug-likeness (QED) is 0.733. The van der Waals surface area contributed by atoms with E-state index in [1.165, 1.54) is 0 Å². The molecular weight excluding hydrogens is 328 g/mol. The number of nitrogens with zero attached hydrogens (tertiary/aromatic N) is 3. The lowest BCUT2D eigenvalue weighted by atomic mass is 10.2. The Kier molecular flexibility index (Phi) is 4.48. The van der Waals surface area contributed by atoms with Crippen molar-refractivity contribution in [3.05, 3.63) is 54.1 Å². The third-order valence-electron chi connectivity index (χ3n) is 4.70. The molecule has 4 rings (SSSR count). The molecule has 1 saturated heterocycles. The van der Waals surface area contributed by atoms with Gasteiger partial charge in [0, 0.05) is 31.9 Å². The Balaban J connectivity index is 1.40. The van der Waals surface area contributed by atoms with Crippen molar-refractivity contribution in [2.75, 3.05) is 42.6 Å². The van der Waals surface area contributed by atoms with Gasteiger partial charge in [0.05, 0.1) is 23.2 Å². The second-order valence-electron chi connectivity index (χ2n) is 6.32. The molecule has 3 aromatic rings. The topological polar surface area (TPSA) is 61.5 Å². The van der Waals surface area contributed by atoms with Gasteiger partial charge in [0.1, 0.15) is 0 Å². The van der Waals surface area contributed by atoms with Gasteiger partial charge in [0.15, 0.2) is 0 Å². The van der Waals surface area contributed by atoms with E-state index in [2.05, 4.69) is 19.8 Å². The number of hydrogen-bond donors (Lipinski definition) is 1. The molecule has 0 saturated carbocycles. The van der Waals surface area contributed by atoms with E-state index in [9.17, 15) is 4.79 Å². The number of carbonyl (C=O) groups is 1. The summed E-state index contributed by atoms with van der Waals surface area (Å²) in [6, 6.07) is 15.7. The highest BCUT2D eigenvalue weighted by Gasteiger charge is 2.20. The van der Waals surface area contributed by atoms with E-state index in [4.69, 9.17) is 4.74 Å². The van der Waals surface area contributed by atoms with Gasteiger partial charge in [-0.3, -0.25) is 0 Å². The minimum atomic E-state index is -0.270. The van der Waals surface area contributed by atoms with Crippen LogP contribution in [-0.2, 0) is 4.74 Å². The van der Waals surface area contributed by atoms with Crippen LogP contribution in [0.2, 0.25) is 0 Å². The number of carbonyl (C=O) groups excluding carboxylic acids is 1. The molecule has 0 bridgehead atoms. The van der Waals surface area contributed by atoms with Gasteiger partial charge in [0.25, 0.3) is 0 Å². The van der Waals surface area contributed by atoms with Crippen LogP contribution in [0, 0.1) is 0 Å². The van der Waals surface area contributed by atoms with Crippen LogP contribution in [0.4, 0.5) is 11.6 Å². The third kappa shape index (κ3) is 3.22. The first-order valence-electron chi connectivity index (χ1n) is 8.96. The molecule has 0 spiro atoms. The third-order valence-corrected chi connectivity index (χ3v) is 4.70. The Hall–Kier alpha value is -3.02. The summed E-state index contributed by atoms with van der Waals surface area (Å²) >= 11 is 0. The number of anilines is 2. The van der Waals surface area contributed by atoms with Crippen molar-refractivity contribution in [2.45, 2.75) is 6.92 Å². The van der Waals surface area contributed by atoms with E-state index in [0.717, 1.165) is 48.8 Å². The van der Waals surface area contributed by atoms with Gasteiger partial charge in [-0.2, -0.15) is 0 Å². The lowest BCUT2D eigenvalue weighted by molar-refractivity contribution is 0.0526. The van der Waals surface area contributed by atoms with Crippen LogP contribution in [0.25, 0.3) is 11.0 Å². The molecular formula is C20H22N4O2. The lowest BCUT2D eigenvalue weighted by Gasteiger charge is -2.36. The number of ether oxygens (including phenoxy) is 1. The van der Waals surface area contributed by atoms with Gasteiger partial charge < -0.3 is 19.5 Å². The molecule has 1 fully saturated rings. The fourth-order valence-corrected chi connectivity index (χ4v) is 3.29. The highest BCUT2D eigenvalue weighted by molar-refractivity contribution is 5.89. The molecule has 134 valence electrons. The van der Waals surface area contributed by atoms with Crippen LogP contribution in [0.1, 0.15) is 17.3 Å². The number of H-pyrrole nitrogens is 1. The molecule has 26 heavy (non-hydrogen) atoms. The molecule has 1 aromatic heterocycles. The number of fused-ring (bicyclic) bond motifs is 1. The van der Waals surface area contributed by atoms with E-state index in [0.29, 0.717) is 12.2 Å². The average Bonchev–Trinajstić information content (AvgIpc) is 3.13. The maximum Gasteiger partial charge on any atom is 0.338 e. The number of piperazine rings is 1. The summed E-state index contributed by atoms with van der Waals surface area (Å²) in [6.07, 6.45) is 0. The highest BCUT2D eigenvalue weighted by Crippen LogP contribution is 2.21. The smallest absolute Gasteiger partial charge is 0.338 e. The molecule has 1 aliphatic heterocycles. The second kappa shape index (κ2) is 7.07. The normalized spacial score (nSPS) is 14.7. The first kappa shape index (κ1) is 16.4. The Morgan fingerprint density at radius 1 is 1.04 bits per heavy atom. The maximum absolute atomic E-state index is 11.8. The summed E-state index contributed by atoms with van der Waals surface area (Å²) in [4.78, 5) is 24.4. The molecule has 6 nitrogen and oxygen atoms in total. The van der Waals surface area contributed by atoms with Gasteiger partial charge in [-0.15, -0.1) is 0 Å². The minimum Gasteiger partial charge on any atom is -0.462 e. The molecule has 0 radical (unpaired) electrons. The number of hydrogen-bond acceptors (Lipinski definition) is 5. The number of para-hydroxylation sites is 2. The zero-order valence-electron chi connectivity index (χ0n) is 14.8. The van der Waals surface area contributed by atoms with Crippen molar-refractivity contribution in [1.29, 1.82) is 0 Å². The summed E-state index contributed by atoms with van der Waals surface area (Å²) < 4.78 is 5.03. The molecule has 2 heterocycles. The molecule has 1 aliphatic rings. The fraction of sp³-hybridized carbons (Fsp3) is 0.300. The fourth-order valence-electron chi connectivity index (χ4n) is 3.29. The number of esters is 1. The molecule has 0 aliphatic carbocycles. The van der Waals surface area contributed by atoms with Crippen molar-refractivity contribution >= 4 is 28.6 Å². The summed E-state index contributed by atoms with van der Waals surface area (Å²) in [5.41, 5.74) is 3.79. The zero-order valence-corrected chi connectivity index (χ0v) is 14.8. The second-order valence-corrected chi connectivity index (χ2v) is 6.32.